The van der Waals surface area contributed by atoms with Crippen molar-refractivity contribution in [3.63, 3.8) is 0 Å². The zero-order valence-corrected chi connectivity index (χ0v) is 17.4. The number of hydrogen-bond acceptors (Lipinski definition) is 5. The van der Waals surface area contributed by atoms with Crippen LogP contribution in [0.2, 0.25) is 0 Å². The molecule has 0 radical (unpaired) electrons. The third-order valence-corrected chi connectivity index (χ3v) is 5.72. The number of alkyl halides is 3. The molecular formula is C20H14F6N2O4S. The summed E-state index contributed by atoms with van der Waals surface area (Å²) in [7, 11) is 0. The third kappa shape index (κ3) is 5.59. The largest absolute Gasteiger partial charge is 0.452 e. The highest BCUT2D eigenvalue weighted by atomic mass is 32.2. The molecule has 0 spiro atoms. The average molecular weight is 492 g/mol. The molecule has 2 atom stereocenters. The number of ether oxygens (including phenoxy) is 1. The Balaban J connectivity index is 1.60. The number of hydrogen-bond donors (Lipinski definition) is 2. The molecule has 2 aromatic carbocycles. The Morgan fingerprint density at radius 1 is 1.15 bits per heavy atom. The van der Waals surface area contributed by atoms with E-state index in [1.54, 1.807) is 0 Å². The van der Waals surface area contributed by atoms with Gasteiger partial charge in [0.2, 0.25) is 5.91 Å². The van der Waals surface area contributed by atoms with E-state index in [0.717, 1.165) is 43.0 Å². The number of fused-ring (bicyclic) bond motifs is 1. The summed E-state index contributed by atoms with van der Waals surface area (Å²) in [6.07, 6.45) is -6.60. The molecule has 2 N–H and O–H groups in total. The lowest BCUT2D eigenvalue weighted by Crippen LogP contribution is -2.34. The van der Waals surface area contributed by atoms with Crippen LogP contribution in [0.5, 0.6) is 0 Å². The van der Waals surface area contributed by atoms with E-state index in [-0.39, 0.29) is 5.69 Å². The van der Waals surface area contributed by atoms with Gasteiger partial charge in [0.25, 0.3) is 5.91 Å². The van der Waals surface area contributed by atoms with Gasteiger partial charge in [0.05, 0.1) is 28.6 Å². The average Bonchev–Trinajstić information content (AvgIpc) is 2.73. The Hall–Kier alpha value is -3.22. The highest BCUT2D eigenvalue weighted by molar-refractivity contribution is 8.01. The summed E-state index contributed by atoms with van der Waals surface area (Å²) in [5.41, 5.74) is -1.66. The monoisotopic (exact) mass is 492 g/mol. The van der Waals surface area contributed by atoms with Crippen molar-refractivity contribution in [3.8, 4) is 0 Å². The molecule has 0 saturated carbocycles. The molecule has 2 unspecified atom stereocenters. The maximum atomic E-state index is 13.7. The molecule has 0 saturated heterocycles. The number of carbonyl (C=O) groups excluding carboxylic acids is 3. The highest BCUT2D eigenvalue weighted by Gasteiger charge is 2.35. The van der Waals surface area contributed by atoms with Crippen LogP contribution in [0.15, 0.2) is 35.2 Å². The zero-order chi connectivity index (χ0) is 24.5. The van der Waals surface area contributed by atoms with Crippen LogP contribution in [0.25, 0.3) is 0 Å². The number of benzene rings is 2. The molecule has 33 heavy (non-hydrogen) atoms. The van der Waals surface area contributed by atoms with Crippen LogP contribution in [0, 0.1) is 17.5 Å². The molecule has 3 rings (SSSR count). The number of thioether (sulfide) groups is 1. The molecule has 0 aliphatic carbocycles. The Kier molecular flexibility index (Phi) is 6.91. The number of halogens is 6. The summed E-state index contributed by atoms with van der Waals surface area (Å²) in [5.74, 6) is -7.65. The first kappa shape index (κ1) is 24.4. The van der Waals surface area contributed by atoms with Crippen LogP contribution in [-0.2, 0) is 25.3 Å². The molecule has 6 nitrogen and oxygen atoms in total. The van der Waals surface area contributed by atoms with E-state index in [1.807, 2.05) is 5.32 Å². The second-order valence-corrected chi connectivity index (χ2v) is 8.10. The van der Waals surface area contributed by atoms with Crippen molar-refractivity contribution < 1.29 is 45.5 Å². The lowest BCUT2D eigenvalue weighted by atomic mass is 10.1. The third-order valence-electron chi connectivity index (χ3n) is 4.45. The molecule has 1 aliphatic rings. The molecule has 0 bridgehead atoms. The van der Waals surface area contributed by atoms with Crippen molar-refractivity contribution >= 4 is 40.9 Å². The lowest BCUT2D eigenvalue weighted by Gasteiger charge is -2.24. The quantitative estimate of drug-likeness (QED) is 0.365. The number of esters is 1. The summed E-state index contributed by atoms with van der Waals surface area (Å²) in [6, 6.07) is 4.15. The van der Waals surface area contributed by atoms with Gasteiger partial charge in [-0.15, -0.1) is 11.8 Å². The van der Waals surface area contributed by atoms with E-state index in [9.17, 15) is 40.7 Å². The number of carbonyl (C=O) groups is 3. The van der Waals surface area contributed by atoms with Crippen LogP contribution < -0.4 is 10.6 Å². The first-order chi connectivity index (χ1) is 15.4. The molecule has 2 aromatic rings. The van der Waals surface area contributed by atoms with E-state index in [1.165, 1.54) is 0 Å². The fraction of sp³-hybridized carbons (Fsp3) is 0.250. The minimum absolute atomic E-state index is 0.0502. The summed E-state index contributed by atoms with van der Waals surface area (Å²) in [4.78, 5) is 36.8. The maximum Gasteiger partial charge on any atom is 0.416 e. The van der Waals surface area contributed by atoms with Gasteiger partial charge in [-0.2, -0.15) is 13.2 Å². The highest BCUT2D eigenvalue weighted by Crippen LogP contribution is 2.40. The standard InChI is InChI=1S/C20H14F6N2O4S/c1-8(18(30)27-11-4-3-10(21)16(22)17(11)23)32-15(29)7-14-19(31)28-12-6-9(20(24,25)26)2-5-13(12)33-14/h2-6,8,14H,7H2,1H3,(H,27,30)(H,28,31). The van der Waals surface area contributed by atoms with E-state index in [0.29, 0.717) is 11.0 Å². The number of nitrogens with one attached hydrogen (secondary N) is 2. The first-order valence-corrected chi connectivity index (χ1v) is 10.1. The van der Waals surface area contributed by atoms with Crippen LogP contribution in [-0.4, -0.2) is 29.1 Å². The van der Waals surface area contributed by atoms with Crippen molar-refractivity contribution in [2.45, 2.75) is 35.8 Å². The van der Waals surface area contributed by atoms with Crippen LogP contribution in [0.1, 0.15) is 18.9 Å². The SMILES string of the molecule is CC(OC(=O)CC1Sc2ccc(C(F)(F)F)cc2NC1=O)C(=O)Nc1ccc(F)c(F)c1F. The van der Waals surface area contributed by atoms with Crippen LogP contribution in [0.4, 0.5) is 37.7 Å². The second-order valence-electron chi connectivity index (χ2n) is 6.85. The summed E-state index contributed by atoms with van der Waals surface area (Å²) in [5, 5.41) is 3.21. The topological polar surface area (TPSA) is 84.5 Å². The van der Waals surface area contributed by atoms with E-state index in [4.69, 9.17) is 4.74 Å². The summed E-state index contributed by atoms with van der Waals surface area (Å²) >= 11 is 0.848. The van der Waals surface area contributed by atoms with E-state index in [2.05, 4.69) is 5.32 Å². The van der Waals surface area contributed by atoms with Crippen molar-refractivity contribution in [2.75, 3.05) is 10.6 Å². The van der Waals surface area contributed by atoms with Gasteiger partial charge in [0, 0.05) is 4.90 Å². The minimum Gasteiger partial charge on any atom is -0.452 e. The smallest absolute Gasteiger partial charge is 0.416 e. The van der Waals surface area contributed by atoms with E-state index < -0.39 is 70.4 Å². The van der Waals surface area contributed by atoms with Gasteiger partial charge in [0.15, 0.2) is 23.6 Å². The predicted molar refractivity (Wildman–Crippen MR) is 105 cm³/mol. The first-order valence-electron chi connectivity index (χ1n) is 9.19. The van der Waals surface area contributed by atoms with E-state index >= 15 is 0 Å². The van der Waals surface area contributed by atoms with Crippen molar-refractivity contribution in [3.05, 3.63) is 53.3 Å². The van der Waals surface area contributed by atoms with Gasteiger partial charge >= 0.3 is 12.1 Å². The normalized spacial score (nSPS) is 16.5. The van der Waals surface area contributed by atoms with Gasteiger partial charge in [-0.25, -0.2) is 13.2 Å². The second kappa shape index (κ2) is 9.33. The van der Waals surface area contributed by atoms with Gasteiger partial charge in [-0.1, -0.05) is 0 Å². The lowest BCUT2D eigenvalue weighted by molar-refractivity contribution is -0.153. The van der Waals surface area contributed by atoms with Gasteiger partial charge < -0.3 is 15.4 Å². The van der Waals surface area contributed by atoms with Crippen LogP contribution >= 0.6 is 11.8 Å². The molecule has 0 fully saturated rings. The zero-order valence-electron chi connectivity index (χ0n) is 16.6. The van der Waals surface area contributed by atoms with Crippen LogP contribution in [0.3, 0.4) is 0 Å². The molecule has 176 valence electrons. The number of rotatable bonds is 5. The van der Waals surface area contributed by atoms with Gasteiger partial charge in [-0.3, -0.25) is 14.4 Å². The van der Waals surface area contributed by atoms with Gasteiger partial charge in [-0.05, 0) is 37.3 Å². The fourth-order valence-electron chi connectivity index (χ4n) is 2.77. The predicted octanol–water partition coefficient (Wildman–Crippen LogP) is 4.50. The van der Waals surface area contributed by atoms with Gasteiger partial charge in [0.1, 0.15) is 0 Å². The minimum atomic E-state index is -4.59. The summed E-state index contributed by atoms with van der Waals surface area (Å²) < 4.78 is 83.2. The Bertz CT molecular complexity index is 1120. The molecule has 2 amide bonds. The molecule has 13 heteroatoms. The number of amides is 2. The molecule has 1 aliphatic heterocycles. The van der Waals surface area contributed by atoms with Crippen molar-refractivity contribution in [1.29, 1.82) is 0 Å². The molecule has 1 heterocycles. The molecule has 0 aromatic heterocycles. The number of anilines is 2. The van der Waals surface area contributed by atoms with Crippen molar-refractivity contribution in [1.82, 2.24) is 0 Å². The Morgan fingerprint density at radius 3 is 2.52 bits per heavy atom. The fourth-order valence-corrected chi connectivity index (χ4v) is 3.84. The Morgan fingerprint density at radius 2 is 1.85 bits per heavy atom. The molecular weight excluding hydrogens is 478 g/mol. The van der Waals surface area contributed by atoms with Crippen molar-refractivity contribution in [2.24, 2.45) is 0 Å². The summed E-state index contributed by atoms with van der Waals surface area (Å²) in [6.45, 7) is 1.13. The Labute approximate surface area is 186 Å². The maximum absolute atomic E-state index is 13.7.